The molecule has 0 fully saturated rings. The second kappa shape index (κ2) is 15.1. The summed E-state index contributed by atoms with van der Waals surface area (Å²) in [6.07, 6.45) is 18.7. The molecule has 0 rings (SSSR count). The topological polar surface area (TPSA) is 17.1 Å². The molecule has 0 bridgehead atoms. The third-order valence-electron chi connectivity index (χ3n) is 4.28. The lowest BCUT2D eigenvalue weighted by Crippen LogP contribution is -1.97. The Morgan fingerprint density at radius 3 is 1.70 bits per heavy atom. The summed E-state index contributed by atoms with van der Waals surface area (Å²) in [7, 11) is 0. The number of hydrogen-bond acceptors (Lipinski definition) is 1. The van der Waals surface area contributed by atoms with Crippen LogP contribution >= 0.6 is 0 Å². The van der Waals surface area contributed by atoms with Crippen molar-refractivity contribution in [1.82, 2.24) is 0 Å². The molecule has 20 heavy (non-hydrogen) atoms. The van der Waals surface area contributed by atoms with Crippen molar-refractivity contribution < 1.29 is 4.79 Å². The minimum Gasteiger partial charge on any atom is -0.300 e. The molecule has 0 N–H and O–H groups in total. The normalized spacial score (nSPS) is 12.6. The van der Waals surface area contributed by atoms with Crippen molar-refractivity contribution in [1.29, 1.82) is 0 Å². The number of Topliss-reactive ketones (excluding diaryl/α,β-unsaturated/α-hetero) is 1. The molecule has 0 saturated carbocycles. The molecule has 0 saturated heterocycles. The predicted molar refractivity (Wildman–Crippen MR) is 90.2 cm³/mol. The van der Waals surface area contributed by atoms with E-state index in [0.717, 1.165) is 18.8 Å². The summed E-state index contributed by atoms with van der Waals surface area (Å²) in [5.41, 5.74) is 0. The zero-order valence-corrected chi connectivity index (χ0v) is 14.4. The molecule has 0 aliphatic rings. The maximum Gasteiger partial charge on any atom is 0.129 e. The molecular weight excluding hydrogens is 244 g/mol. The molecule has 0 aromatic carbocycles. The summed E-state index contributed by atoms with van der Waals surface area (Å²) in [4.78, 5) is 10.9. The van der Waals surface area contributed by atoms with Gasteiger partial charge in [-0.2, -0.15) is 0 Å². The lowest BCUT2D eigenvalue weighted by Gasteiger charge is -2.10. The number of rotatable bonds is 15. The molecular formula is C19H38O. The van der Waals surface area contributed by atoms with E-state index >= 15 is 0 Å². The van der Waals surface area contributed by atoms with Crippen molar-refractivity contribution in [2.75, 3.05) is 0 Å². The summed E-state index contributed by atoms with van der Waals surface area (Å²) in [6, 6.07) is 0. The van der Waals surface area contributed by atoms with Crippen LogP contribution in [0.3, 0.4) is 0 Å². The van der Waals surface area contributed by atoms with Crippen molar-refractivity contribution >= 4 is 5.78 Å². The summed E-state index contributed by atoms with van der Waals surface area (Å²) in [5.74, 6) is 1.15. The maximum atomic E-state index is 10.9. The Labute approximate surface area is 127 Å². The van der Waals surface area contributed by atoms with Crippen LogP contribution in [0.2, 0.25) is 0 Å². The first kappa shape index (κ1) is 19.7. The van der Waals surface area contributed by atoms with Gasteiger partial charge in [0, 0.05) is 6.42 Å². The van der Waals surface area contributed by atoms with Crippen LogP contribution in [0.4, 0.5) is 0 Å². The van der Waals surface area contributed by atoms with E-state index in [1.165, 1.54) is 77.0 Å². The van der Waals surface area contributed by atoms with Crippen molar-refractivity contribution in [2.24, 2.45) is 5.92 Å². The molecule has 0 unspecified atom stereocenters. The Morgan fingerprint density at radius 2 is 1.20 bits per heavy atom. The third-order valence-corrected chi connectivity index (χ3v) is 4.28. The molecule has 0 aromatic heterocycles. The van der Waals surface area contributed by atoms with E-state index in [1.54, 1.807) is 6.92 Å². The van der Waals surface area contributed by atoms with E-state index < -0.39 is 0 Å². The van der Waals surface area contributed by atoms with E-state index in [9.17, 15) is 4.79 Å². The van der Waals surface area contributed by atoms with Crippen molar-refractivity contribution in [3.05, 3.63) is 0 Å². The lowest BCUT2D eigenvalue weighted by molar-refractivity contribution is -0.117. The summed E-state index contributed by atoms with van der Waals surface area (Å²) >= 11 is 0. The largest absolute Gasteiger partial charge is 0.300 e. The summed E-state index contributed by atoms with van der Waals surface area (Å²) < 4.78 is 0. The van der Waals surface area contributed by atoms with Gasteiger partial charge in [-0.15, -0.1) is 0 Å². The van der Waals surface area contributed by atoms with Gasteiger partial charge in [0.05, 0.1) is 0 Å². The predicted octanol–water partition coefficient (Wildman–Crippen LogP) is 6.69. The fourth-order valence-corrected chi connectivity index (χ4v) is 2.82. The number of unbranched alkanes of at least 4 members (excludes halogenated alkanes) is 9. The fourth-order valence-electron chi connectivity index (χ4n) is 2.82. The lowest BCUT2D eigenvalue weighted by atomic mass is 9.96. The van der Waals surface area contributed by atoms with Crippen LogP contribution in [-0.4, -0.2) is 5.78 Å². The molecule has 1 nitrogen and oxygen atoms in total. The Balaban J connectivity index is 3.13. The summed E-state index contributed by atoms with van der Waals surface area (Å²) in [5, 5.41) is 0. The van der Waals surface area contributed by atoms with Gasteiger partial charge in [-0.05, 0) is 19.3 Å². The van der Waals surface area contributed by atoms with E-state index in [2.05, 4.69) is 13.8 Å². The van der Waals surface area contributed by atoms with Crippen molar-refractivity contribution in [3.8, 4) is 0 Å². The van der Waals surface area contributed by atoms with Crippen LogP contribution < -0.4 is 0 Å². The second-order valence-electron chi connectivity index (χ2n) is 6.67. The van der Waals surface area contributed by atoms with Gasteiger partial charge in [0.1, 0.15) is 5.78 Å². The Bertz CT molecular complexity index is 210. The molecule has 1 atom stereocenters. The first-order chi connectivity index (χ1) is 9.66. The highest BCUT2D eigenvalue weighted by molar-refractivity contribution is 5.75. The van der Waals surface area contributed by atoms with Crippen LogP contribution in [-0.2, 0) is 4.79 Å². The molecule has 0 aliphatic carbocycles. The number of carbonyl (C=O) groups excluding carboxylic acids is 1. The van der Waals surface area contributed by atoms with Gasteiger partial charge >= 0.3 is 0 Å². The summed E-state index contributed by atoms with van der Waals surface area (Å²) in [6.45, 7) is 6.32. The van der Waals surface area contributed by atoms with Crippen molar-refractivity contribution in [3.63, 3.8) is 0 Å². The highest BCUT2D eigenvalue weighted by Crippen LogP contribution is 2.17. The van der Waals surface area contributed by atoms with E-state index in [-0.39, 0.29) is 0 Å². The number of carbonyl (C=O) groups is 1. The zero-order chi connectivity index (χ0) is 15.1. The molecule has 120 valence electrons. The molecule has 1 heteroatoms. The molecule has 0 aromatic rings. The first-order valence-corrected chi connectivity index (χ1v) is 9.16. The number of ketones is 1. The highest BCUT2D eigenvalue weighted by atomic mass is 16.1. The monoisotopic (exact) mass is 282 g/mol. The van der Waals surface area contributed by atoms with E-state index in [0.29, 0.717) is 5.78 Å². The smallest absolute Gasteiger partial charge is 0.129 e. The molecule has 0 heterocycles. The zero-order valence-electron chi connectivity index (χ0n) is 14.4. The highest BCUT2D eigenvalue weighted by Gasteiger charge is 2.03. The van der Waals surface area contributed by atoms with E-state index in [4.69, 9.17) is 0 Å². The van der Waals surface area contributed by atoms with Crippen LogP contribution in [0.1, 0.15) is 111 Å². The van der Waals surface area contributed by atoms with Gasteiger partial charge in [0.15, 0.2) is 0 Å². The minimum atomic E-state index is 0.344. The van der Waals surface area contributed by atoms with Crippen LogP contribution in [0.25, 0.3) is 0 Å². The Morgan fingerprint density at radius 1 is 0.750 bits per heavy atom. The Hall–Kier alpha value is -0.330. The van der Waals surface area contributed by atoms with Crippen LogP contribution in [0.5, 0.6) is 0 Å². The fraction of sp³-hybridized carbons (Fsp3) is 0.947. The van der Waals surface area contributed by atoms with E-state index in [1.807, 2.05) is 0 Å². The van der Waals surface area contributed by atoms with Gasteiger partial charge in [0.25, 0.3) is 0 Å². The average molecular weight is 283 g/mol. The standard InChI is InChI=1S/C19H38O/c1-4-5-6-7-8-9-10-11-12-13-15-18(2)16-14-17-19(3)20/h18H,4-17H2,1-3H3/t18-/m0/s1. The minimum absolute atomic E-state index is 0.344. The van der Waals surface area contributed by atoms with Gasteiger partial charge in [0.2, 0.25) is 0 Å². The third kappa shape index (κ3) is 15.7. The molecule has 0 spiro atoms. The molecule has 0 radical (unpaired) electrons. The molecule has 0 amide bonds. The average Bonchev–Trinajstić information content (AvgIpc) is 2.40. The maximum absolute atomic E-state index is 10.9. The van der Waals surface area contributed by atoms with Crippen LogP contribution in [0, 0.1) is 5.92 Å². The molecule has 0 aliphatic heterocycles. The Kier molecular flexibility index (Phi) is 14.8. The second-order valence-corrected chi connectivity index (χ2v) is 6.67. The van der Waals surface area contributed by atoms with Gasteiger partial charge in [-0.3, -0.25) is 0 Å². The SMILES string of the molecule is CCCCCCCCCCCC[C@H](C)CCCC(C)=O. The van der Waals surface area contributed by atoms with Gasteiger partial charge in [-0.1, -0.05) is 90.9 Å². The van der Waals surface area contributed by atoms with Crippen LogP contribution in [0.15, 0.2) is 0 Å². The number of hydrogen-bond donors (Lipinski definition) is 0. The first-order valence-electron chi connectivity index (χ1n) is 9.16. The van der Waals surface area contributed by atoms with Gasteiger partial charge < -0.3 is 4.79 Å². The van der Waals surface area contributed by atoms with Crippen molar-refractivity contribution in [2.45, 2.75) is 111 Å². The van der Waals surface area contributed by atoms with Gasteiger partial charge in [-0.25, -0.2) is 0 Å². The quantitative estimate of drug-likeness (QED) is 0.306.